The Morgan fingerprint density at radius 2 is 2.06 bits per heavy atom. The summed E-state index contributed by atoms with van der Waals surface area (Å²) in [5.74, 6) is 1.74. The minimum absolute atomic E-state index is 0.0555. The minimum atomic E-state index is 0.0555. The van der Waals surface area contributed by atoms with Crippen LogP contribution in [0.2, 0.25) is 0 Å². The molecule has 1 aliphatic rings. The van der Waals surface area contributed by atoms with E-state index in [2.05, 4.69) is 22.1 Å². The highest BCUT2D eigenvalue weighted by Gasteiger charge is 2.25. The van der Waals surface area contributed by atoms with E-state index in [1.54, 1.807) is 0 Å². The van der Waals surface area contributed by atoms with Gasteiger partial charge in [0.25, 0.3) is 0 Å². The van der Waals surface area contributed by atoms with Gasteiger partial charge in [0.15, 0.2) is 0 Å². The third-order valence-corrected chi connectivity index (χ3v) is 3.32. The molecule has 0 bridgehead atoms. The molecule has 1 aliphatic carbocycles. The van der Waals surface area contributed by atoms with Crippen molar-refractivity contribution in [2.24, 2.45) is 11.7 Å². The van der Waals surface area contributed by atoms with Gasteiger partial charge in [-0.15, -0.1) is 0 Å². The molecule has 0 spiro atoms. The molecule has 3 nitrogen and oxygen atoms in total. The molecular formula is C14H17N3. The summed E-state index contributed by atoms with van der Waals surface area (Å²) in [6.07, 6.45) is 5.60. The van der Waals surface area contributed by atoms with Gasteiger partial charge < -0.3 is 10.7 Å². The second-order valence-electron chi connectivity index (χ2n) is 4.83. The minimum Gasteiger partial charge on any atom is -0.341 e. The van der Waals surface area contributed by atoms with Crippen LogP contribution in [0.15, 0.2) is 36.5 Å². The molecule has 0 saturated heterocycles. The van der Waals surface area contributed by atoms with Crippen LogP contribution in [0.5, 0.6) is 0 Å². The summed E-state index contributed by atoms with van der Waals surface area (Å²) < 4.78 is 0. The summed E-state index contributed by atoms with van der Waals surface area (Å²) in [6, 6.07) is 10.3. The number of aromatic nitrogens is 2. The number of nitrogens with zero attached hydrogens (tertiary/aromatic N) is 1. The number of aromatic amines is 1. The number of nitrogens with one attached hydrogen (secondary N) is 1. The first kappa shape index (κ1) is 10.5. The maximum atomic E-state index is 6.13. The lowest BCUT2D eigenvalue weighted by Crippen LogP contribution is -2.12. The molecule has 3 N–H and O–H groups in total. The molecule has 1 aromatic heterocycles. The van der Waals surface area contributed by atoms with Crippen LogP contribution < -0.4 is 5.73 Å². The number of nitrogens with two attached hydrogens (primary N) is 1. The van der Waals surface area contributed by atoms with Gasteiger partial charge in [0.1, 0.15) is 5.82 Å². The van der Waals surface area contributed by atoms with Crippen LogP contribution in [0.3, 0.4) is 0 Å². The zero-order valence-electron chi connectivity index (χ0n) is 9.76. The number of rotatable bonds is 4. The molecule has 1 heterocycles. The average molecular weight is 227 g/mol. The highest BCUT2D eigenvalue weighted by Crippen LogP contribution is 2.36. The second kappa shape index (κ2) is 4.34. The van der Waals surface area contributed by atoms with Crippen molar-refractivity contribution in [3.8, 4) is 11.3 Å². The molecule has 2 aromatic rings. The molecule has 1 unspecified atom stereocenters. The number of H-pyrrole nitrogens is 1. The Hall–Kier alpha value is -1.61. The average Bonchev–Trinajstić information content (AvgIpc) is 3.04. The summed E-state index contributed by atoms with van der Waals surface area (Å²) in [6.45, 7) is 0. The van der Waals surface area contributed by atoms with Crippen molar-refractivity contribution in [2.75, 3.05) is 0 Å². The molecule has 0 radical (unpaired) electrons. The van der Waals surface area contributed by atoms with Crippen molar-refractivity contribution in [1.29, 1.82) is 0 Å². The van der Waals surface area contributed by atoms with E-state index < -0.39 is 0 Å². The molecular weight excluding hydrogens is 210 g/mol. The zero-order chi connectivity index (χ0) is 11.7. The fourth-order valence-electron chi connectivity index (χ4n) is 2.11. The topological polar surface area (TPSA) is 54.7 Å². The number of benzene rings is 1. The Bertz CT molecular complexity index is 485. The highest BCUT2D eigenvalue weighted by atomic mass is 15.0. The lowest BCUT2D eigenvalue weighted by atomic mass is 10.1. The fourth-order valence-corrected chi connectivity index (χ4v) is 2.11. The molecule has 1 atom stereocenters. The highest BCUT2D eigenvalue weighted by molar-refractivity contribution is 5.58. The first-order chi connectivity index (χ1) is 8.33. The van der Waals surface area contributed by atoms with E-state index in [0.717, 1.165) is 29.4 Å². The Kier molecular flexibility index (Phi) is 2.69. The zero-order valence-corrected chi connectivity index (χ0v) is 9.76. The number of hydrogen-bond acceptors (Lipinski definition) is 2. The molecule has 3 heteroatoms. The van der Waals surface area contributed by atoms with Crippen molar-refractivity contribution in [2.45, 2.75) is 25.3 Å². The summed E-state index contributed by atoms with van der Waals surface area (Å²) >= 11 is 0. The predicted molar refractivity (Wildman–Crippen MR) is 68.3 cm³/mol. The van der Waals surface area contributed by atoms with Gasteiger partial charge in [0.05, 0.1) is 17.9 Å². The van der Waals surface area contributed by atoms with E-state index in [-0.39, 0.29) is 6.04 Å². The summed E-state index contributed by atoms with van der Waals surface area (Å²) in [5.41, 5.74) is 8.34. The van der Waals surface area contributed by atoms with E-state index >= 15 is 0 Å². The van der Waals surface area contributed by atoms with Gasteiger partial charge in [0, 0.05) is 0 Å². The smallest absolute Gasteiger partial charge is 0.123 e. The first-order valence-corrected chi connectivity index (χ1v) is 6.19. The first-order valence-electron chi connectivity index (χ1n) is 6.19. The van der Waals surface area contributed by atoms with E-state index in [1.165, 1.54) is 12.8 Å². The van der Waals surface area contributed by atoms with E-state index in [1.807, 2.05) is 24.4 Å². The van der Waals surface area contributed by atoms with Gasteiger partial charge >= 0.3 is 0 Å². The predicted octanol–water partition coefficient (Wildman–Crippen LogP) is 2.88. The van der Waals surface area contributed by atoms with E-state index in [4.69, 9.17) is 5.73 Å². The van der Waals surface area contributed by atoms with Crippen LogP contribution in [0, 0.1) is 5.92 Å². The Morgan fingerprint density at radius 1 is 1.29 bits per heavy atom. The summed E-state index contributed by atoms with van der Waals surface area (Å²) in [5, 5.41) is 0. The van der Waals surface area contributed by atoms with Gasteiger partial charge in [-0.05, 0) is 17.9 Å². The van der Waals surface area contributed by atoms with Crippen molar-refractivity contribution in [3.63, 3.8) is 0 Å². The van der Waals surface area contributed by atoms with Gasteiger partial charge in [-0.2, -0.15) is 0 Å². The van der Waals surface area contributed by atoms with E-state index in [0.29, 0.717) is 0 Å². The third-order valence-electron chi connectivity index (χ3n) is 3.32. The van der Waals surface area contributed by atoms with Gasteiger partial charge in [-0.3, -0.25) is 0 Å². The molecule has 88 valence electrons. The van der Waals surface area contributed by atoms with Crippen LogP contribution in [0.4, 0.5) is 0 Å². The molecule has 0 amide bonds. The Morgan fingerprint density at radius 3 is 2.76 bits per heavy atom. The molecule has 1 saturated carbocycles. The van der Waals surface area contributed by atoms with E-state index in [9.17, 15) is 0 Å². The van der Waals surface area contributed by atoms with Crippen LogP contribution in [-0.4, -0.2) is 9.97 Å². The van der Waals surface area contributed by atoms with Crippen LogP contribution in [0.1, 0.15) is 31.1 Å². The standard InChI is InChI=1S/C14H17N3/c15-12(8-10-6-7-10)14-16-9-13(17-14)11-4-2-1-3-5-11/h1-5,9-10,12H,6-8,15H2,(H,16,17). The molecule has 1 aromatic carbocycles. The molecule has 1 fully saturated rings. The number of hydrogen-bond donors (Lipinski definition) is 2. The monoisotopic (exact) mass is 227 g/mol. The largest absolute Gasteiger partial charge is 0.341 e. The Balaban J connectivity index is 1.77. The van der Waals surface area contributed by atoms with Crippen molar-refractivity contribution >= 4 is 0 Å². The van der Waals surface area contributed by atoms with Crippen LogP contribution in [0.25, 0.3) is 11.3 Å². The van der Waals surface area contributed by atoms with Crippen LogP contribution >= 0.6 is 0 Å². The van der Waals surface area contributed by atoms with Gasteiger partial charge in [0.2, 0.25) is 0 Å². The molecule has 0 aliphatic heterocycles. The number of imidazole rings is 1. The van der Waals surface area contributed by atoms with Crippen molar-refractivity contribution < 1.29 is 0 Å². The Labute approximate surface area is 101 Å². The lowest BCUT2D eigenvalue weighted by Gasteiger charge is -2.06. The van der Waals surface area contributed by atoms with Crippen molar-refractivity contribution in [1.82, 2.24) is 9.97 Å². The molecule has 3 rings (SSSR count). The van der Waals surface area contributed by atoms with Gasteiger partial charge in [-0.25, -0.2) is 4.98 Å². The third kappa shape index (κ3) is 2.39. The maximum Gasteiger partial charge on any atom is 0.123 e. The van der Waals surface area contributed by atoms with Crippen LogP contribution in [-0.2, 0) is 0 Å². The van der Waals surface area contributed by atoms with Crippen molar-refractivity contribution in [3.05, 3.63) is 42.4 Å². The quantitative estimate of drug-likeness (QED) is 0.843. The maximum absolute atomic E-state index is 6.13. The summed E-state index contributed by atoms with van der Waals surface area (Å²) in [7, 11) is 0. The SMILES string of the molecule is NC(CC1CC1)c1ncc(-c2ccccc2)[nH]1. The lowest BCUT2D eigenvalue weighted by molar-refractivity contribution is 0.573. The molecule has 17 heavy (non-hydrogen) atoms. The summed E-state index contributed by atoms with van der Waals surface area (Å²) in [4.78, 5) is 7.72. The fraction of sp³-hybridized carbons (Fsp3) is 0.357. The van der Waals surface area contributed by atoms with Gasteiger partial charge in [-0.1, -0.05) is 43.2 Å². The second-order valence-corrected chi connectivity index (χ2v) is 4.83. The normalized spacial score (nSPS) is 17.0.